The molecule has 74 valence electrons. The van der Waals surface area contributed by atoms with E-state index in [0.717, 1.165) is 25.9 Å². The van der Waals surface area contributed by atoms with Crippen molar-refractivity contribution in [3.8, 4) is 6.07 Å². The summed E-state index contributed by atoms with van der Waals surface area (Å²) in [5.41, 5.74) is -0.288. The average Bonchev–Trinajstić information content (AvgIpc) is 2.40. The summed E-state index contributed by atoms with van der Waals surface area (Å²) in [4.78, 5) is 2.24. The Labute approximate surface area is 80.7 Å². The minimum Gasteiger partial charge on any atom is -0.301 e. The molecular formula is C10H19N3. The maximum atomic E-state index is 9.14. The van der Waals surface area contributed by atoms with E-state index in [-0.39, 0.29) is 5.54 Å². The molecule has 1 aliphatic rings. The summed E-state index contributed by atoms with van der Waals surface area (Å²) >= 11 is 0. The highest BCUT2D eigenvalue weighted by Crippen LogP contribution is 2.24. The highest BCUT2D eigenvalue weighted by molar-refractivity contribution is 5.14. The molecule has 0 aromatic carbocycles. The monoisotopic (exact) mass is 181 g/mol. The quantitative estimate of drug-likeness (QED) is 0.705. The second-order valence-electron chi connectivity index (χ2n) is 4.09. The Morgan fingerprint density at radius 2 is 2.38 bits per heavy atom. The average molecular weight is 181 g/mol. The van der Waals surface area contributed by atoms with Gasteiger partial charge < -0.3 is 4.90 Å². The molecule has 2 atom stereocenters. The zero-order valence-electron chi connectivity index (χ0n) is 8.80. The Kier molecular flexibility index (Phi) is 3.29. The summed E-state index contributed by atoms with van der Waals surface area (Å²) in [6.07, 6.45) is 2.03. The Balaban J connectivity index is 2.58. The van der Waals surface area contributed by atoms with Crippen molar-refractivity contribution in [3.63, 3.8) is 0 Å². The van der Waals surface area contributed by atoms with Gasteiger partial charge in [-0.2, -0.15) is 5.26 Å². The fraction of sp³-hybridized carbons (Fsp3) is 0.900. The van der Waals surface area contributed by atoms with Crippen molar-refractivity contribution in [2.45, 2.75) is 38.3 Å². The van der Waals surface area contributed by atoms with Crippen LogP contribution >= 0.6 is 0 Å². The predicted octanol–water partition coefficient (Wildman–Crippen LogP) is 0.972. The normalized spacial score (nSPS) is 34.8. The minimum absolute atomic E-state index is 0.288. The van der Waals surface area contributed by atoms with Crippen LogP contribution in [0.1, 0.15) is 26.7 Å². The van der Waals surface area contributed by atoms with Gasteiger partial charge in [-0.3, -0.25) is 5.32 Å². The van der Waals surface area contributed by atoms with E-state index in [1.54, 1.807) is 0 Å². The van der Waals surface area contributed by atoms with Gasteiger partial charge in [-0.15, -0.1) is 0 Å². The van der Waals surface area contributed by atoms with Crippen molar-refractivity contribution in [1.29, 1.82) is 5.26 Å². The van der Waals surface area contributed by atoms with Crippen LogP contribution in [0.4, 0.5) is 0 Å². The van der Waals surface area contributed by atoms with Crippen molar-refractivity contribution in [3.05, 3.63) is 0 Å². The number of likely N-dealkylation sites (N-methyl/N-ethyl adjacent to an activating group) is 1. The second kappa shape index (κ2) is 4.08. The number of hydrogen-bond acceptors (Lipinski definition) is 3. The summed E-state index contributed by atoms with van der Waals surface area (Å²) in [6, 6.07) is 2.94. The first-order valence-electron chi connectivity index (χ1n) is 5.00. The molecule has 0 radical (unpaired) electrons. The van der Waals surface area contributed by atoms with Crippen LogP contribution in [0.3, 0.4) is 0 Å². The number of likely N-dealkylation sites (tertiary alicyclic amines) is 1. The van der Waals surface area contributed by atoms with Crippen molar-refractivity contribution < 1.29 is 0 Å². The van der Waals surface area contributed by atoms with Gasteiger partial charge in [0.25, 0.3) is 0 Å². The van der Waals surface area contributed by atoms with E-state index in [0.29, 0.717) is 6.04 Å². The molecule has 1 rings (SSSR count). The maximum Gasteiger partial charge on any atom is 0.121 e. The first-order valence-corrected chi connectivity index (χ1v) is 5.00. The van der Waals surface area contributed by atoms with E-state index in [1.165, 1.54) is 0 Å². The van der Waals surface area contributed by atoms with E-state index < -0.39 is 0 Å². The van der Waals surface area contributed by atoms with Crippen LogP contribution in [0.2, 0.25) is 0 Å². The van der Waals surface area contributed by atoms with Crippen LogP contribution in [0, 0.1) is 11.3 Å². The van der Waals surface area contributed by atoms with Crippen molar-refractivity contribution >= 4 is 0 Å². The van der Waals surface area contributed by atoms with E-state index in [1.807, 2.05) is 0 Å². The lowest BCUT2D eigenvalue weighted by atomic mass is 9.98. The molecule has 2 unspecified atom stereocenters. The van der Waals surface area contributed by atoms with E-state index in [2.05, 4.69) is 37.2 Å². The third-order valence-corrected chi connectivity index (χ3v) is 2.84. The molecule has 0 spiro atoms. The highest BCUT2D eigenvalue weighted by atomic mass is 15.2. The van der Waals surface area contributed by atoms with E-state index in [4.69, 9.17) is 5.26 Å². The molecule has 1 fully saturated rings. The highest BCUT2D eigenvalue weighted by Gasteiger charge is 2.40. The molecule has 1 saturated heterocycles. The lowest BCUT2D eigenvalue weighted by Crippen LogP contribution is -2.46. The summed E-state index contributed by atoms with van der Waals surface area (Å²) < 4.78 is 0. The molecule has 1 aliphatic heterocycles. The first kappa shape index (κ1) is 10.5. The maximum absolute atomic E-state index is 9.14. The summed E-state index contributed by atoms with van der Waals surface area (Å²) in [7, 11) is 2.08. The SMILES string of the molecule is CCCNC1(C#N)CC(C)N(C)C1. The van der Waals surface area contributed by atoms with Gasteiger partial charge in [0.2, 0.25) is 0 Å². The molecule has 1 heterocycles. The third kappa shape index (κ3) is 2.20. The van der Waals surface area contributed by atoms with Gasteiger partial charge in [-0.1, -0.05) is 6.92 Å². The minimum atomic E-state index is -0.288. The van der Waals surface area contributed by atoms with Gasteiger partial charge in [0.15, 0.2) is 0 Å². The molecule has 0 amide bonds. The number of hydrogen-bond donors (Lipinski definition) is 1. The lowest BCUT2D eigenvalue weighted by molar-refractivity contribution is 0.319. The first-order chi connectivity index (χ1) is 6.13. The van der Waals surface area contributed by atoms with Crippen LogP contribution < -0.4 is 5.32 Å². The van der Waals surface area contributed by atoms with Gasteiger partial charge in [-0.05, 0) is 33.4 Å². The molecule has 1 N–H and O–H groups in total. The number of nitrogens with zero attached hydrogens (tertiary/aromatic N) is 2. The smallest absolute Gasteiger partial charge is 0.121 e. The van der Waals surface area contributed by atoms with Crippen LogP contribution in [0.25, 0.3) is 0 Å². The topological polar surface area (TPSA) is 39.1 Å². The fourth-order valence-electron chi connectivity index (χ4n) is 1.92. The fourth-order valence-corrected chi connectivity index (χ4v) is 1.92. The largest absolute Gasteiger partial charge is 0.301 e. The number of nitriles is 1. The van der Waals surface area contributed by atoms with Crippen molar-refractivity contribution in [2.75, 3.05) is 20.1 Å². The molecule has 0 aliphatic carbocycles. The number of nitrogens with one attached hydrogen (secondary N) is 1. The second-order valence-corrected chi connectivity index (χ2v) is 4.09. The molecule has 0 bridgehead atoms. The zero-order chi connectivity index (χ0) is 9.90. The van der Waals surface area contributed by atoms with E-state index in [9.17, 15) is 0 Å². The van der Waals surface area contributed by atoms with Gasteiger partial charge >= 0.3 is 0 Å². The van der Waals surface area contributed by atoms with Crippen LogP contribution in [0.15, 0.2) is 0 Å². The van der Waals surface area contributed by atoms with Crippen molar-refractivity contribution in [1.82, 2.24) is 10.2 Å². The van der Waals surface area contributed by atoms with Crippen molar-refractivity contribution in [2.24, 2.45) is 0 Å². The van der Waals surface area contributed by atoms with Gasteiger partial charge in [0.05, 0.1) is 6.07 Å². The van der Waals surface area contributed by atoms with Crippen LogP contribution in [-0.4, -0.2) is 36.6 Å². The van der Waals surface area contributed by atoms with Gasteiger partial charge in [0, 0.05) is 12.6 Å². The third-order valence-electron chi connectivity index (χ3n) is 2.84. The standard InChI is InChI=1S/C10H19N3/c1-4-5-12-10(7-11)6-9(2)13(3)8-10/h9,12H,4-6,8H2,1-3H3. The lowest BCUT2D eigenvalue weighted by Gasteiger charge is -2.21. The molecule has 13 heavy (non-hydrogen) atoms. The Morgan fingerprint density at radius 1 is 1.69 bits per heavy atom. The molecule has 0 aromatic heterocycles. The van der Waals surface area contributed by atoms with Gasteiger partial charge in [-0.25, -0.2) is 0 Å². The summed E-state index contributed by atoms with van der Waals surface area (Å²) in [5.74, 6) is 0. The van der Waals surface area contributed by atoms with E-state index >= 15 is 0 Å². The summed E-state index contributed by atoms with van der Waals surface area (Å²) in [6.45, 7) is 6.09. The Morgan fingerprint density at radius 3 is 2.77 bits per heavy atom. The van der Waals surface area contributed by atoms with Crippen LogP contribution in [-0.2, 0) is 0 Å². The Hall–Kier alpha value is -0.590. The van der Waals surface area contributed by atoms with Gasteiger partial charge in [0.1, 0.15) is 5.54 Å². The molecule has 0 aromatic rings. The molecule has 3 nitrogen and oxygen atoms in total. The zero-order valence-corrected chi connectivity index (χ0v) is 8.80. The summed E-state index contributed by atoms with van der Waals surface area (Å²) in [5, 5.41) is 12.5. The number of rotatable bonds is 3. The molecular weight excluding hydrogens is 162 g/mol. The van der Waals surface area contributed by atoms with Crippen LogP contribution in [0.5, 0.6) is 0 Å². The molecule has 0 saturated carbocycles. The molecule has 3 heteroatoms. The Bertz CT molecular complexity index is 197. The predicted molar refractivity (Wildman–Crippen MR) is 53.3 cm³/mol.